The third-order valence-electron chi connectivity index (χ3n) is 2.39. The first kappa shape index (κ1) is 11.4. The highest BCUT2D eigenvalue weighted by atomic mass is 35.5. The molecule has 0 radical (unpaired) electrons. The number of ether oxygens (including phenoxy) is 1. The maximum Gasteiger partial charge on any atom is 0.223 e. The quantitative estimate of drug-likeness (QED) is 0.661. The van der Waals surface area contributed by atoms with Gasteiger partial charge in [-0.3, -0.25) is 0 Å². The molecule has 1 aliphatic heterocycles. The van der Waals surface area contributed by atoms with Crippen molar-refractivity contribution in [2.75, 3.05) is 30.8 Å². The lowest BCUT2D eigenvalue weighted by Crippen LogP contribution is -2.37. The molecule has 0 bridgehead atoms. The highest BCUT2D eigenvalue weighted by Crippen LogP contribution is 2.19. The molecule has 88 valence electrons. The molecule has 1 aromatic rings. The van der Waals surface area contributed by atoms with Crippen LogP contribution in [0.2, 0.25) is 5.15 Å². The van der Waals surface area contributed by atoms with E-state index in [1.165, 1.54) is 0 Å². The van der Waals surface area contributed by atoms with Crippen molar-refractivity contribution in [2.45, 2.75) is 12.0 Å². The van der Waals surface area contributed by atoms with Crippen LogP contribution in [0, 0.1) is 0 Å². The number of nitrogens with one attached hydrogen (secondary N) is 1. The predicted octanol–water partition coefficient (Wildman–Crippen LogP) is 0.275. The Morgan fingerprint density at radius 3 is 3.06 bits per heavy atom. The number of aliphatic hydroxyl groups is 1. The lowest BCUT2D eigenvalue weighted by atomic mass is 10.0. The van der Waals surface area contributed by atoms with E-state index in [9.17, 15) is 5.11 Å². The molecule has 0 saturated carbocycles. The number of hydrogen-bond acceptors (Lipinski definition) is 6. The van der Waals surface area contributed by atoms with Crippen molar-refractivity contribution >= 4 is 23.4 Å². The van der Waals surface area contributed by atoms with Crippen molar-refractivity contribution < 1.29 is 9.84 Å². The van der Waals surface area contributed by atoms with E-state index >= 15 is 0 Å². The third-order valence-corrected chi connectivity index (χ3v) is 2.59. The Morgan fingerprint density at radius 1 is 1.62 bits per heavy atom. The van der Waals surface area contributed by atoms with Crippen LogP contribution in [-0.2, 0) is 4.74 Å². The largest absolute Gasteiger partial charge is 0.386 e. The van der Waals surface area contributed by atoms with Gasteiger partial charge in [-0.1, -0.05) is 11.6 Å². The van der Waals surface area contributed by atoms with Gasteiger partial charge in [0.1, 0.15) is 16.6 Å². The fraction of sp³-hybridized carbons (Fsp3) is 0.556. The normalized spacial score (nSPS) is 24.6. The number of rotatable bonds is 3. The molecule has 7 heteroatoms. The second kappa shape index (κ2) is 4.40. The van der Waals surface area contributed by atoms with E-state index in [1.54, 1.807) is 6.07 Å². The van der Waals surface area contributed by atoms with Gasteiger partial charge in [-0.15, -0.1) is 0 Å². The van der Waals surface area contributed by atoms with Crippen molar-refractivity contribution in [1.29, 1.82) is 0 Å². The molecule has 1 unspecified atom stereocenters. The van der Waals surface area contributed by atoms with E-state index in [2.05, 4.69) is 15.3 Å². The van der Waals surface area contributed by atoms with Crippen LogP contribution in [0.4, 0.5) is 11.8 Å². The summed E-state index contributed by atoms with van der Waals surface area (Å²) >= 11 is 5.72. The lowest BCUT2D eigenvalue weighted by molar-refractivity contribution is 0.0381. The van der Waals surface area contributed by atoms with Crippen molar-refractivity contribution in [3.63, 3.8) is 0 Å². The van der Waals surface area contributed by atoms with Crippen LogP contribution in [0.1, 0.15) is 6.42 Å². The molecule has 0 aliphatic carbocycles. The third kappa shape index (κ3) is 2.72. The zero-order valence-corrected chi connectivity index (χ0v) is 9.37. The fourth-order valence-corrected chi connectivity index (χ4v) is 1.71. The van der Waals surface area contributed by atoms with Crippen LogP contribution in [0.25, 0.3) is 0 Å². The van der Waals surface area contributed by atoms with E-state index < -0.39 is 5.60 Å². The molecule has 1 atom stereocenters. The first-order valence-electron chi connectivity index (χ1n) is 4.91. The van der Waals surface area contributed by atoms with Crippen LogP contribution in [-0.4, -0.2) is 40.4 Å². The first-order chi connectivity index (χ1) is 7.57. The standard InChI is InChI=1S/C9H13ClN4O2/c10-6-3-7(14-8(11)13-6)12-4-9(15)1-2-16-5-9/h3,15H,1-2,4-5H2,(H3,11,12,13,14). The molecule has 0 aromatic carbocycles. The zero-order valence-electron chi connectivity index (χ0n) is 8.61. The molecular formula is C9H13ClN4O2. The smallest absolute Gasteiger partial charge is 0.223 e. The van der Waals surface area contributed by atoms with E-state index in [-0.39, 0.29) is 11.1 Å². The van der Waals surface area contributed by atoms with Gasteiger partial charge >= 0.3 is 0 Å². The maximum atomic E-state index is 10.00. The van der Waals surface area contributed by atoms with E-state index in [0.29, 0.717) is 32.0 Å². The van der Waals surface area contributed by atoms with Crippen molar-refractivity contribution in [3.05, 3.63) is 11.2 Å². The summed E-state index contributed by atoms with van der Waals surface area (Å²) in [6.07, 6.45) is 0.605. The molecule has 2 rings (SSSR count). The molecule has 1 aromatic heterocycles. The maximum absolute atomic E-state index is 10.00. The molecule has 0 spiro atoms. The zero-order chi connectivity index (χ0) is 11.6. The second-order valence-corrected chi connectivity index (χ2v) is 4.20. The summed E-state index contributed by atoms with van der Waals surface area (Å²) < 4.78 is 5.12. The van der Waals surface area contributed by atoms with Gasteiger partial charge in [0.25, 0.3) is 0 Å². The number of halogens is 1. The Hall–Kier alpha value is -1.11. The summed E-state index contributed by atoms with van der Waals surface area (Å²) in [6.45, 7) is 1.25. The Labute approximate surface area is 97.8 Å². The van der Waals surface area contributed by atoms with Crippen molar-refractivity contribution in [1.82, 2.24) is 9.97 Å². The summed E-state index contributed by atoms with van der Waals surface area (Å²) in [5.74, 6) is 0.600. The van der Waals surface area contributed by atoms with Crippen LogP contribution >= 0.6 is 11.6 Å². The van der Waals surface area contributed by atoms with Crippen LogP contribution in [0.5, 0.6) is 0 Å². The Bertz CT molecular complexity index is 362. The second-order valence-electron chi connectivity index (χ2n) is 3.81. The molecule has 0 amide bonds. The highest BCUT2D eigenvalue weighted by molar-refractivity contribution is 6.29. The average Bonchev–Trinajstić information content (AvgIpc) is 2.62. The summed E-state index contributed by atoms with van der Waals surface area (Å²) in [5.41, 5.74) is 4.60. The molecule has 2 heterocycles. The Morgan fingerprint density at radius 2 is 2.44 bits per heavy atom. The monoisotopic (exact) mass is 244 g/mol. The van der Waals surface area contributed by atoms with E-state index in [1.807, 2.05) is 0 Å². The molecule has 6 nitrogen and oxygen atoms in total. The van der Waals surface area contributed by atoms with Crippen LogP contribution in [0.3, 0.4) is 0 Å². The number of anilines is 2. The van der Waals surface area contributed by atoms with Gasteiger partial charge in [-0.05, 0) is 0 Å². The molecule has 1 aliphatic rings. The minimum Gasteiger partial charge on any atom is -0.386 e. The Balaban J connectivity index is 1.98. The van der Waals surface area contributed by atoms with Gasteiger partial charge in [0.15, 0.2) is 0 Å². The van der Waals surface area contributed by atoms with Gasteiger partial charge < -0.3 is 20.9 Å². The van der Waals surface area contributed by atoms with Crippen molar-refractivity contribution in [2.24, 2.45) is 0 Å². The van der Waals surface area contributed by atoms with Gasteiger partial charge in [-0.25, -0.2) is 4.98 Å². The highest BCUT2D eigenvalue weighted by Gasteiger charge is 2.31. The molecule has 4 N–H and O–H groups in total. The number of nitrogen functional groups attached to an aromatic ring is 1. The molecule has 1 saturated heterocycles. The van der Waals surface area contributed by atoms with Gasteiger partial charge in [0.2, 0.25) is 5.95 Å². The van der Waals surface area contributed by atoms with Crippen LogP contribution < -0.4 is 11.1 Å². The van der Waals surface area contributed by atoms with E-state index in [4.69, 9.17) is 22.1 Å². The van der Waals surface area contributed by atoms with Crippen LogP contribution in [0.15, 0.2) is 6.07 Å². The van der Waals surface area contributed by atoms with E-state index in [0.717, 1.165) is 0 Å². The number of hydrogen-bond donors (Lipinski definition) is 3. The molecular weight excluding hydrogens is 232 g/mol. The topological polar surface area (TPSA) is 93.3 Å². The number of aromatic nitrogens is 2. The predicted molar refractivity (Wildman–Crippen MR) is 60.3 cm³/mol. The average molecular weight is 245 g/mol. The number of nitrogens with two attached hydrogens (primary N) is 1. The minimum absolute atomic E-state index is 0.102. The summed E-state index contributed by atoms with van der Waals surface area (Å²) in [7, 11) is 0. The summed E-state index contributed by atoms with van der Waals surface area (Å²) in [6, 6.07) is 1.55. The Kier molecular flexibility index (Phi) is 3.13. The van der Waals surface area contributed by atoms with Crippen molar-refractivity contribution in [3.8, 4) is 0 Å². The fourth-order valence-electron chi connectivity index (χ4n) is 1.52. The molecule has 1 fully saturated rings. The van der Waals surface area contributed by atoms with Gasteiger partial charge in [0.05, 0.1) is 6.61 Å². The minimum atomic E-state index is -0.841. The summed E-state index contributed by atoms with van der Waals surface area (Å²) in [5, 5.41) is 13.2. The first-order valence-corrected chi connectivity index (χ1v) is 5.29. The summed E-state index contributed by atoms with van der Waals surface area (Å²) in [4.78, 5) is 7.68. The van der Waals surface area contributed by atoms with Gasteiger partial charge in [0, 0.05) is 25.6 Å². The van der Waals surface area contributed by atoms with Gasteiger partial charge in [-0.2, -0.15) is 4.98 Å². The number of nitrogens with zero attached hydrogens (tertiary/aromatic N) is 2. The lowest BCUT2D eigenvalue weighted by Gasteiger charge is -2.20. The molecule has 16 heavy (non-hydrogen) atoms. The SMILES string of the molecule is Nc1nc(Cl)cc(NCC2(O)CCOC2)n1.